The highest BCUT2D eigenvalue weighted by molar-refractivity contribution is 6.39. The van der Waals surface area contributed by atoms with Crippen LogP contribution in [-0.4, -0.2) is 46.1 Å². The van der Waals surface area contributed by atoms with Gasteiger partial charge in [-0.3, -0.25) is 15.3 Å². The summed E-state index contributed by atoms with van der Waals surface area (Å²) in [7, 11) is 6.72. The largest absolute Gasteiger partial charge is 0.497 e. The zero-order chi connectivity index (χ0) is 42.3. The maximum Gasteiger partial charge on any atom is 0.219 e. The Balaban J connectivity index is 1.39. The second kappa shape index (κ2) is 15.5. The Morgan fingerprint density at radius 3 is 1.37 bits per heavy atom. The summed E-state index contributed by atoms with van der Waals surface area (Å²) >= 11 is 0. The van der Waals surface area contributed by atoms with Gasteiger partial charge < -0.3 is 18.9 Å². The van der Waals surface area contributed by atoms with Gasteiger partial charge in [-0.15, -0.1) is 0 Å². The SMILES string of the molecule is COc1ccc(C2=NC(c3cccc4ccccc34)(C3(c4cccc5ccccc45)N=C(c4ccc(OC)cc4)C(c4ccc(OC)cc4)(c4ccc(OC)cc4)N3)N=C2)cc1. The molecule has 0 aliphatic carbocycles. The van der Waals surface area contributed by atoms with Crippen LogP contribution in [0.1, 0.15) is 33.4 Å². The lowest BCUT2D eigenvalue weighted by Crippen LogP contribution is -2.59. The van der Waals surface area contributed by atoms with Crippen molar-refractivity contribution in [1.82, 2.24) is 5.32 Å². The van der Waals surface area contributed by atoms with Gasteiger partial charge in [0.1, 0.15) is 28.5 Å². The fourth-order valence-corrected chi connectivity index (χ4v) is 9.24. The van der Waals surface area contributed by atoms with E-state index in [-0.39, 0.29) is 0 Å². The van der Waals surface area contributed by atoms with Crippen LogP contribution in [0.3, 0.4) is 0 Å². The highest BCUT2D eigenvalue weighted by Crippen LogP contribution is 2.57. The van der Waals surface area contributed by atoms with E-state index in [9.17, 15) is 0 Å². The molecule has 0 aromatic heterocycles. The number of ether oxygens (including phenoxy) is 4. The monoisotopic (exact) mass is 812 g/mol. The lowest BCUT2D eigenvalue weighted by Gasteiger charge is -2.45. The second-order valence-corrected chi connectivity index (χ2v) is 15.4. The maximum atomic E-state index is 6.21. The summed E-state index contributed by atoms with van der Waals surface area (Å²) in [6, 6.07) is 62.2. The Labute approximate surface area is 360 Å². The van der Waals surface area contributed by atoms with Crippen molar-refractivity contribution in [2.75, 3.05) is 28.4 Å². The number of aliphatic imine (C=N–C) groups is 3. The minimum Gasteiger partial charge on any atom is -0.497 e. The third kappa shape index (κ3) is 6.05. The van der Waals surface area contributed by atoms with Crippen LogP contribution < -0.4 is 24.3 Å². The van der Waals surface area contributed by atoms with Crippen LogP contribution in [0.5, 0.6) is 23.0 Å². The number of methoxy groups -OCH3 is 4. The van der Waals surface area contributed by atoms with Gasteiger partial charge in [-0.25, -0.2) is 4.99 Å². The average Bonchev–Trinajstić information content (AvgIpc) is 3.97. The molecule has 0 spiro atoms. The Bertz CT molecular complexity index is 2980. The molecule has 2 aliphatic heterocycles. The van der Waals surface area contributed by atoms with Gasteiger partial charge in [-0.2, -0.15) is 0 Å². The van der Waals surface area contributed by atoms with Gasteiger partial charge in [0.2, 0.25) is 5.66 Å². The molecule has 62 heavy (non-hydrogen) atoms. The fourth-order valence-electron chi connectivity index (χ4n) is 9.24. The Morgan fingerprint density at radius 1 is 0.419 bits per heavy atom. The molecule has 2 aliphatic rings. The molecule has 8 aromatic rings. The predicted octanol–water partition coefficient (Wildman–Crippen LogP) is 10.6. The van der Waals surface area contributed by atoms with E-state index in [1.807, 2.05) is 66.9 Å². The normalized spacial score (nSPS) is 19.0. The first-order valence-electron chi connectivity index (χ1n) is 20.5. The molecule has 2 heterocycles. The average molecular weight is 813 g/mol. The van der Waals surface area contributed by atoms with Crippen LogP contribution in [0.25, 0.3) is 21.5 Å². The molecule has 0 saturated carbocycles. The molecule has 2 unspecified atom stereocenters. The predicted molar refractivity (Wildman–Crippen MR) is 249 cm³/mol. The van der Waals surface area contributed by atoms with Crippen molar-refractivity contribution in [1.29, 1.82) is 0 Å². The van der Waals surface area contributed by atoms with Gasteiger partial charge in [0.25, 0.3) is 0 Å². The Hall–Kier alpha value is -7.55. The van der Waals surface area contributed by atoms with Crippen LogP contribution in [0.2, 0.25) is 0 Å². The second-order valence-electron chi connectivity index (χ2n) is 15.4. The molecule has 10 rings (SSSR count). The molecule has 8 aromatic carbocycles. The van der Waals surface area contributed by atoms with Crippen molar-refractivity contribution in [3.05, 3.63) is 215 Å². The van der Waals surface area contributed by atoms with Crippen LogP contribution in [0.15, 0.2) is 197 Å². The molecule has 1 N–H and O–H groups in total. The topological polar surface area (TPSA) is 86.0 Å². The van der Waals surface area contributed by atoms with E-state index in [0.717, 1.165) is 89.3 Å². The summed E-state index contributed by atoms with van der Waals surface area (Å²) in [4.78, 5) is 17.8. The van der Waals surface area contributed by atoms with Crippen LogP contribution in [-0.2, 0) is 16.9 Å². The van der Waals surface area contributed by atoms with Crippen LogP contribution >= 0.6 is 0 Å². The minimum absolute atomic E-state index is 0.717. The van der Waals surface area contributed by atoms with Gasteiger partial charge >= 0.3 is 0 Å². The number of fused-ring (bicyclic) bond motifs is 2. The standard InChI is InChI=1S/C54H44N4O4/c1-59-42-27-19-38(20-28-42)50-35-55-53(56-50,48-17-9-13-36-11-5-7-15-46(36)48)54(49-18-10-14-37-12-6-8-16-47(37)49)57-51(39-21-29-43(60-2)30-22-39)52(58-54,40-23-31-44(61-3)32-24-40)41-25-33-45(62-4)34-26-41/h5-35,58H,1-4H3. The third-order valence-electron chi connectivity index (χ3n) is 12.3. The molecule has 8 nitrogen and oxygen atoms in total. The molecule has 0 fully saturated rings. The van der Waals surface area contributed by atoms with Gasteiger partial charge in [0.05, 0.1) is 46.1 Å². The van der Waals surface area contributed by atoms with Gasteiger partial charge in [-0.05, 0) is 111 Å². The van der Waals surface area contributed by atoms with Crippen molar-refractivity contribution >= 4 is 39.2 Å². The van der Waals surface area contributed by atoms with Gasteiger partial charge in [-0.1, -0.05) is 109 Å². The van der Waals surface area contributed by atoms with Gasteiger partial charge in [0.15, 0.2) is 5.66 Å². The van der Waals surface area contributed by atoms with Crippen molar-refractivity contribution in [3.63, 3.8) is 0 Å². The highest BCUT2D eigenvalue weighted by Gasteiger charge is 2.65. The number of hydrogen-bond donors (Lipinski definition) is 1. The molecule has 0 bridgehead atoms. The smallest absolute Gasteiger partial charge is 0.219 e. The van der Waals surface area contributed by atoms with Crippen molar-refractivity contribution in [3.8, 4) is 23.0 Å². The first-order chi connectivity index (χ1) is 30.4. The molecule has 304 valence electrons. The van der Waals surface area contributed by atoms with E-state index in [2.05, 4.69) is 127 Å². The molecular formula is C54H44N4O4. The molecule has 0 saturated heterocycles. The number of nitrogens with one attached hydrogen (secondary N) is 1. The van der Waals surface area contributed by atoms with Crippen molar-refractivity contribution in [2.45, 2.75) is 16.9 Å². The summed E-state index contributed by atoms with van der Waals surface area (Å²) < 4.78 is 22.7. The summed E-state index contributed by atoms with van der Waals surface area (Å²) in [5.74, 6) is 2.97. The van der Waals surface area contributed by atoms with Crippen molar-refractivity contribution < 1.29 is 18.9 Å². The minimum atomic E-state index is -1.42. The molecule has 0 amide bonds. The number of rotatable bonds is 11. The molecule has 0 radical (unpaired) electrons. The van der Waals surface area contributed by atoms with E-state index in [0.29, 0.717) is 0 Å². The number of hydrogen-bond acceptors (Lipinski definition) is 8. The van der Waals surface area contributed by atoms with Crippen LogP contribution in [0, 0.1) is 0 Å². The zero-order valence-electron chi connectivity index (χ0n) is 34.9. The fraction of sp³-hybridized carbons (Fsp3) is 0.130. The van der Waals surface area contributed by atoms with Crippen molar-refractivity contribution in [2.24, 2.45) is 15.0 Å². The maximum absolute atomic E-state index is 6.21. The van der Waals surface area contributed by atoms with E-state index < -0.39 is 16.9 Å². The molecule has 2 atom stereocenters. The van der Waals surface area contributed by atoms with Gasteiger partial charge in [0, 0.05) is 16.7 Å². The number of benzene rings is 8. The highest BCUT2D eigenvalue weighted by atomic mass is 16.5. The summed E-state index contributed by atoms with van der Waals surface area (Å²) in [6.07, 6.45) is 1.90. The quantitative estimate of drug-likeness (QED) is 0.141. The molecular weight excluding hydrogens is 769 g/mol. The number of nitrogens with zero attached hydrogens (tertiary/aromatic N) is 3. The lowest BCUT2D eigenvalue weighted by atomic mass is 9.74. The lowest BCUT2D eigenvalue weighted by molar-refractivity contribution is 0.184. The van der Waals surface area contributed by atoms with E-state index in [1.165, 1.54) is 0 Å². The van der Waals surface area contributed by atoms with E-state index in [1.54, 1.807) is 28.4 Å². The summed E-state index contributed by atoms with van der Waals surface area (Å²) in [6.45, 7) is 0. The van der Waals surface area contributed by atoms with E-state index >= 15 is 0 Å². The summed E-state index contributed by atoms with van der Waals surface area (Å²) in [5, 5.41) is 8.55. The third-order valence-corrected chi connectivity index (χ3v) is 12.3. The zero-order valence-corrected chi connectivity index (χ0v) is 34.9. The first kappa shape index (κ1) is 38.6. The Morgan fingerprint density at radius 2 is 0.855 bits per heavy atom. The van der Waals surface area contributed by atoms with E-state index in [4.69, 9.17) is 33.9 Å². The van der Waals surface area contributed by atoms with Crippen LogP contribution in [0.4, 0.5) is 0 Å². The first-order valence-corrected chi connectivity index (χ1v) is 20.5. The summed E-state index contributed by atoms with van der Waals surface area (Å²) in [5.41, 5.74) is 3.01. The Kier molecular flexibility index (Phi) is 9.65. The molecule has 8 heteroatoms.